The number of aromatic nitrogens is 2. The molecule has 0 aromatic carbocycles. The first-order valence-electron chi connectivity index (χ1n) is 7.90. The van der Waals surface area contributed by atoms with Crippen molar-refractivity contribution < 1.29 is 4.42 Å². The van der Waals surface area contributed by atoms with Gasteiger partial charge in [-0.25, -0.2) is 0 Å². The fourth-order valence-corrected chi connectivity index (χ4v) is 2.82. The lowest BCUT2D eigenvalue weighted by molar-refractivity contribution is 0.140. The van der Waals surface area contributed by atoms with Crippen molar-refractivity contribution in [2.45, 2.75) is 53.2 Å². The van der Waals surface area contributed by atoms with E-state index in [9.17, 15) is 0 Å². The molecule has 0 saturated heterocycles. The van der Waals surface area contributed by atoms with Crippen LogP contribution >= 0.6 is 11.6 Å². The molecule has 1 atom stereocenters. The molecule has 22 heavy (non-hydrogen) atoms. The summed E-state index contributed by atoms with van der Waals surface area (Å²) in [6, 6.07) is 4.37. The number of hydrogen-bond acceptors (Lipinski definition) is 3. The normalized spacial score (nSPS) is 13.3. The molecule has 0 aliphatic carbocycles. The number of rotatable bonds is 7. The third-order valence-electron chi connectivity index (χ3n) is 4.33. The quantitative estimate of drug-likeness (QED) is 0.763. The van der Waals surface area contributed by atoms with Crippen LogP contribution in [0.25, 0.3) is 0 Å². The van der Waals surface area contributed by atoms with Crippen LogP contribution < -0.4 is 0 Å². The molecule has 0 unspecified atom stereocenters. The lowest BCUT2D eigenvalue weighted by Crippen LogP contribution is -2.35. The summed E-state index contributed by atoms with van der Waals surface area (Å²) < 4.78 is 7.29. The Kier molecular flexibility index (Phi) is 5.70. The maximum atomic E-state index is 6.45. The Morgan fingerprint density at radius 2 is 2.05 bits per heavy atom. The molecule has 2 rings (SSSR count). The fourth-order valence-electron chi connectivity index (χ4n) is 2.61. The van der Waals surface area contributed by atoms with Crippen LogP contribution in [0.3, 0.4) is 0 Å². The Balaban J connectivity index is 2.26. The van der Waals surface area contributed by atoms with E-state index in [0.717, 1.165) is 41.7 Å². The molecule has 0 spiro atoms. The molecule has 2 heterocycles. The summed E-state index contributed by atoms with van der Waals surface area (Å²) in [4.78, 5) is 2.41. The highest BCUT2D eigenvalue weighted by Crippen LogP contribution is 2.25. The molecule has 0 radical (unpaired) electrons. The van der Waals surface area contributed by atoms with Crippen molar-refractivity contribution in [2.24, 2.45) is 13.0 Å². The van der Waals surface area contributed by atoms with Gasteiger partial charge in [-0.1, -0.05) is 32.4 Å². The van der Waals surface area contributed by atoms with Crippen molar-refractivity contribution in [2.75, 3.05) is 0 Å². The van der Waals surface area contributed by atoms with Gasteiger partial charge in [0, 0.05) is 25.2 Å². The lowest BCUT2D eigenvalue weighted by Gasteiger charge is -2.31. The molecule has 2 aromatic heterocycles. The second kappa shape index (κ2) is 7.34. The van der Waals surface area contributed by atoms with E-state index in [0.29, 0.717) is 12.0 Å². The zero-order chi connectivity index (χ0) is 16.3. The predicted octanol–water partition coefficient (Wildman–Crippen LogP) is 4.28. The number of hydrogen-bond donors (Lipinski definition) is 0. The summed E-state index contributed by atoms with van der Waals surface area (Å²) in [5.41, 5.74) is 2.21. The minimum Gasteiger partial charge on any atom is -0.468 e. The molecular formula is C17H26ClN3O. The van der Waals surface area contributed by atoms with Gasteiger partial charge in [0.05, 0.1) is 18.5 Å². The van der Waals surface area contributed by atoms with E-state index in [2.05, 4.69) is 37.7 Å². The van der Waals surface area contributed by atoms with Gasteiger partial charge in [0.15, 0.2) is 0 Å². The van der Waals surface area contributed by atoms with Crippen LogP contribution in [0.2, 0.25) is 5.15 Å². The van der Waals surface area contributed by atoms with Gasteiger partial charge in [-0.2, -0.15) is 5.10 Å². The van der Waals surface area contributed by atoms with Gasteiger partial charge in [0.2, 0.25) is 0 Å². The molecule has 4 nitrogen and oxygen atoms in total. The first kappa shape index (κ1) is 17.1. The minimum atomic E-state index is 0.422. The summed E-state index contributed by atoms with van der Waals surface area (Å²) in [6.45, 7) is 10.4. The largest absolute Gasteiger partial charge is 0.468 e. The highest BCUT2D eigenvalue weighted by molar-refractivity contribution is 6.30. The van der Waals surface area contributed by atoms with Crippen molar-refractivity contribution in [1.29, 1.82) is 0 Å². The molecule has 122 valence electrons. The van der Waals surface area contributed by atoms with Crippen molar-refractivity contribution in [3.8, 4) is 0 Å². The molecular weight excluding hydrogens is 298 g/mol. The van der Waals surface area contributed by atoms with Gasteiger partial charge >= 0.3 is 0 Å². The highest BCUT2D eigenvalue weighted by atomic mass is 35.5. The topological polar surface area (TPSA) is 34.2 Å². The average Bonchev–Trinajstić information content (AvgIpc) is 3.08. The van der Waals surface area contributed by atoms with Crippen molar-refractivity contribution in [3.63, 3.8) is 0 Å². The summed E-state index contributed by atoms with van der Waals surface area (Å²) in [5.74, 6) is 1.53. The smallest absolute Gasteiger partial charge is 0.131 e. The lowest BCUT2D eigenvalue weighted by atomic mass is 10.0. The second-order valence-electron chi connectivity index (χ2n) is 6.16. The molecule has 0 bridgehead atoms. The average molecular weight is 324 g/mol. The van der Waals surface area contributed by atoms with Crippen molar-refractivity contribution in [1.82, 2.24) is 14.7 Å². The fraction of sp³-hybridized carbons (Fsp3) is 0.588. The standard InChI is InChI=1S/C17H26ClN3O/c1-6-16-15(17(18)20(5)19-16)11-21(13(4)12(2)3)10-14-8-7-9-22-14/h7-9,12-13H,6,10-11H2,1-5H3/t13-/m1/s1. The Bertz CT molecular complexity index is 589. The summed E-state index contributed by atoms with van der Waals surface area (Å²) in [6.07, 6.45) is 2.61. The van der Waals surface area contributed by atoms with Crippen molar-refractivity contribution in [3.05, 3.63) is 40.6 Å². The van der Waals surface area contributed by atoms with Crippen molar-refractivity contribution >= 4 is 11.6 Å². The third-order valence-corrected chi connectivity index (χ3v) is 4.80. The maximum absolute atomic E-state index is 6.45. The van der Waals surface area contributed by atoms with E-state index in [1.54, 1.807) is 10.9 Å². The Morgan fingerprint density at radius 3 is 2.59 bits per heavy atom. The van der Waals surface area contributed by atoms with Gasteiger partial charge in [0.1, 0.15) is 10.9 Å². The van der Waals surface area contributed by atoms with Gasteiger partial charge in [-0.15, -0.1) is 0 Å². The monoisotopic (exact) mass is 323 g/mol. The molecule has 0 amide bonds. The van der Waals surface area contributed by atoms with Crippen LogP contribution in [0, 0.1) is 5.92 Å². The molecule has 0 aliphatic rings. The minimum absolute atomic E-state index is 0.422. The molecule has 0 N–H and O–H groups in total. The predicted molar refractivity (Wildman–Crippen MR) is 89.9 cm³/mol. The van der Waals surface area contributed by atoms with E-state index in [-0.39, 0.29) is 0 Å². The molecule has 5 heteroatoms. The first-order chi connectivity index (χ1) is 10.4. The van der Waals surface area contributed by atoms with Gasteiger partial charge in [-0.05, 0) is 31.4 Å². The number of halogens is 1. The van der Waals surface area contributed by atoms with Crippen LogP contribution in [0.5, 0.6) is 0 Å². The number of aryl methyl sites for hydroxylation is 2. The van der Waals surface area contributed by atoms with Crippen LogP contribution in [0.4, 0.5) is 0 Å². The van der Waals surface area contributed by atoms with Crippen LogP contribution in [0.1, 0.15) is 44.7 Å². The Morgan fingerprint density at radius 1 is 1.32 bits per heavy atom. The zero-order valence-electron chi connectivity index (χ0n) is 14.1. The third kappa shape index (κ3) is 3.73. The number of nitrogens with zero attached hydrogens (tertiary/aromatic N) is 3. The van der Waals surface area contributed by atoms with Crippen LogP contribution in [-0.2, 0) is 26.6 Å². The maximum Gasteiger partial charge on any atom is 0.131 e. The highest BCUT2D eigenvalue weighted by Gasteiger charge is 2.23. The van der Waals surface area contributed by atoms with Gasteiger partial charge in [0.25, 0.3) is 0 Å². The molecule has 0 saturated carbocycles. The molecule has 0 aliphatic heterocycles. The van der Waals surface area contributed by atoms with E-state index < -0.39 is 0 Å². The Hall–Kier alpha value is -1.26. The van der Waals surface area contributed by atoms with Gasteiger partial charge < -0.3 is 4.42 Å². The van der Waals surface area contributed by atoms with Crippen LogP contribution in [0.15, 0.2) is 22.8 Å². The first-order valence-corrected chi connectivity index (χ1v) is 8.28. The Labute approximate surface area is 138 Å². The second-order valence-corrected chi connectivity index (χ2v) is 6.52. The summed E-state index contributed by atoms with van der Waals surface area (Å²) in [5, 5.41) is 5.25. The van der Waals surface area contributed by atoms with Crippen LogP contribution in [-0.4, -0.2) is 20.7 Å². The molecule has 0 fully saturated rings. The van der Waals surface area contributed by atoms with E-state index in [1.807, 2.05) is 19.2 Å². The summed E-state index contributed by atoms with van der Waals surface area (Å²) >= 11 is 6.45. The van der Waals surface area contributed by atoms with E-state index in [1.165, 1.54) is 0 Å². The van der Waals surface area contributed by atoms with E-state index >= 15 is 0 Å². The zero-order valence-corrected chi connectivity index (χ0v) is 14.9. The van der Waals surface area contributed by atoms with E-state index in [4.69, 9.17) is 16.0 Å². The molecule has 2 aromatic rings. The van der Waals surface area contributed by atoms with Gasteiger partial charge in [-0.3, -0.25) is 9.58 Å². The number of furan rings is 1. The summed E-state index contributed by atoms with van der Waals surface area (Å²) in [7, 11) is 1.90. The SMILES string of the molecule is CCc1nn(C)c(Cl)c1CN(Cc1ccco1)[C@H](C)C(C)C.